The van der Waals surface area contributed by atoms with Crippen molar-refractivity contribution in [2.75, 3.05) is 12.3 Å². The largest absolute Gasteiger partial charge is 0.508 e. The van der Waals surface area contributed by atoms with Crippen LogP contribution >= 0.6 is 0 Å². The van der Waals surface area contributed by atoms with Gasteiger partial charge in [-0.2, -0.15) is 0 Å². The highest BCUT2D eigenvalue weighted by Crippen LogP contribution is 2.48. The van der Waals surface area contributed by atoms with Gasteiger partial charge in [0.1, 0.15) is 17.1 Å². The smallest absolute Gasteiger partial charge is 0.306 e. The van der Waals surface area contributed by atoms with E-state index < -0.39 is 0 Å². The minimum Gasteiger partial charge on any atom is -0.508 e. The fourth-order valence-corrected chi connectivity index (χ4v) is 3.50. The normalized spacial score (nSPS) is 15.0. The summed E-state index contributed by atoms with van der Waals surface area (Å²) >= 11 is 0. The van der Waals surface area contributed by atoms with Gasteiger partial charge in [0.2, 0.25) is 12.1 Å². The molecule has 2 heterocycles. The number of aliphatic hydroxyl groups is 1. The minimum atomic E-state index is -0.154. The summed E-state index contributed by atoms with van der Waals surface area (Å²) in [5.74, 6) is 1.57. The van der Waals surface area contributed by atoms with E-state index in [1.807, 2.05) is 17.6 Å². The number of nitrogens with zero attached hydrogens (tertiary/aromatic N) is 2. The Kier molecular flexibility index (Phi) is 4.41. The molecule has 0 aliphatic carbocycles. The molecule has 4 rings (SSSR count). The second kappa shape index (κ2) is 6.89. The summed E-state index contributed by atoms with van der Waals surface area (Å²) in [7, 11) is 0. The highest BCUT2D eigenvalue weighted by molar-refractivity contribution is 5.62. The Morgan fingerprint density at radius 1 is 1.19 bits per heavy atom. The number of fused-ring (bicyclic) bond motifs is 2. The van der Waals surface area contributed by atoms with Gasteiger partial charge >= 0.3 is 5.88 Å². The number of phenolic OH excluding ortho intramolecular Hbond substituents is 1. The van der Waals surface area contributed by atoms with Gasteiger partial charge in [0.05, 0.1) is 12.5 Å². The van der Waals surface area contributed by atoms with Crippen LogP contribution in [0.3, 0.4) is 0 Å². The van der Waals surface area contributed by atoms with Crippen LogP contribution in [0.15, 0.2) is 48.8 Å². The van der Waals surface area contributed by atoms with Gasteiger partial charge < -0.3 is 20.7 Å². The molecule has 27 heavy (non-hydrogen) atoms. The molecule has 4 N–H and O–H groups in total. The van der Waals surface area contributed by atoms with Gasteiger partial charge in [-0.3, -0.25) is 0 Å². The van der Waals surface area contributed by atoms with Crippen LogP contribution in [0.5, 0.6) is 17.4 Å². The van der Waals surface area contributed by atoms with E-state index >= 15 is 0 Å². The van der Waals surface area contributed by atoms with E-state index in [2.05, 4.69) is 29.2 Å². The predicted octanol–water partition coefficient (Wildman–Crippen LogP) is 2.63. The number of aromatic hydroxyl groups is 1. The maximum atomic E-state index is 9.87. The third-order valence-electron chi connectivity index (χ3n) is 4.90. The standard InChI is InChI=1S/C21H21N3O3/c1-13-3-5-14(6-4-13)18-16-8-7-15(26)11-17(16)27-21-19(18)20(22)24(12-23-21)9-2-10-25/h3-8,11-12,18,22,25-26H,2,9-10H2,1H3/p+1/t18-/m0/s1. The molecule has 0 amide bonds. The Hall–Kier alpha value is -3.12. The monoisotopic (exact) mass is 364 g/mol. The summed E-state index contributed by atoms with van der Waals surface area (Å²) in [6.45, 7) is 2.71. The van der Waals surface area contributed by atoms with E-state index in [1.165, 1.54) is 5.56 Å². The van der Waals surface area contributed by atoms with Crippen LogP contribution in [0.1, 0.15) is 34.6 Å². The molecule has 3 aromatic rings. The van der Waals surface area contributed by atoms with E-state index in [0.29, 0.717) is 30.4 Å². The Bertz CT molecular complexity index is 987. The fraction of sp³-hybridized carbons (Fsp3) is 0.238. The summed E-state index contributed by atoms with van der Waals surface area (Å²) in [6.07, 6.45) is 2.22. The van der Waals surface area contributed by atoms with E-state index in [-0.39, 0.29) is 18.3 Å². The number of nitrogen functional groups attached to an aromatic ring is 1. The molecule has 6 heteroatoms. The van der Waals surface area contributed by atoms with Crippen molar-refractivity contribution in [1.29, 1.82) is 0 Å². The Morgan fingerprint density at radius 3 is 2.70 bits per heavy atom. The van der Waals surface area contributed by atoms with Gasteiger partial charge in [-0.15, -0.1) is 0 Å². The molecule has 1 aliphatic heterocycles. The molecular formula is C21H22N3O3+. The van der Waals surface area contributed by atoms with Gasteiger partial charge in [-0.25, -0.2) is 4.57 Å². The number of nitrogens with two attached hydrogens (primary N) is 1. The summed E-state index contributed by atoms with van der Waals surface area (Å²) in [5.41, 5.74) is 10.5. The number of aliphatic hydroxyl groups excluding tert-OH is 1. The van der Waals surface area contributed by atoms with Crippen LogP contribution in [0.4, 0.5) is 5.82 Å². The number of aryl methyl sites for hydroxylation is 2. The highest BCUT2D eigenvalue weighted by Gasteiger charge is 2.36. The first-order chi connectivity index (χ1) is 13.1. The van der Waals surface area contributed by atoms with Crippen LogP contribution < -0.4 is 15.0 Å². The topological polar surface area (TPSA) is 92.5 Å². The first-order valence-corrected chi connectivity index (χ1v) is 8.94. The van der Waals surface area contributed by atoms with Crippen LogP contribution in [-0.2, 0) is 6.54 Å². The molecule has 1 atom stereocenters. The van der Waals surface area contributed by atoms with Crippen molar-refractivity contribution < 1.29 is 19.5 Å². The number of hydrogen-bond donors (Lipinski definition) is 3. The first-order valence-electron chi connectivity index (χ1n) is 8.94. The molecule has 138 valence electrons. The Morgan fingerprint density at radius 2 is 1.96 bits per heavy atom. The van der Waals surface area contributed by atoms with E-state index in [4.69, 9.17) is 15.6 Å². The van der Waals surface area contributed by atoms with Gasteiger partial charge in [-0.05, 0) is 18.6 Å². The third-order valence-corrected chi connectivity index (χ3v) is 4.90. The second-order valence-electron chi connectivity index (χ2n) is 6.79. The summed E-state index contributed by atoms with van der Waals surface area (Å²) in [5, 5.41) is 19.0. The Balaban J connectivity index is 1.92. The summed E-state index contributed by atoms with van der Waals surface area (Å²) in [4.78, 5) is 4.45. The molecule has 1 aliphatic rings. The molecule has 2 aromatic carbocycles. The molecule has 0 fully saturated rings. The zero-order chi connectivity index (χ0) is 19.0. The molecule has 1 aromatic heterocycles. The molecule has 0 spiro atoms. The van der Waals surface area contributed by atoms with Gasteiger partial charge in [0.15, 0.2) is 0 Å². The first kappa shape index (κ1) is 17.3. The van der Waals surface area contributed by atoms with Crippen LogP contribution in [0, 0.1) is 6.92 Å². The number of rotatable bonds is 4. The van der Waals surface area contributed by atoms with Crippen molar-refractivity contribution in [1.82, 2.24) is 4.98 Å². The average molecular weight is 364 g/mol. The van der Waals surface area contributed by atoms with Crippen molar-refractivity contribution in [3.05, 3.63) is 71.0 Å². The second-order valence-corrected chi connectivity index (χ2v) is 6.79. The number of ether oxygens (including phenoxy) is 1. The average Bonchev–Trinajstić information content (AvgIpc) is 2.66. The van der Waals surface area contributed by atoms with Crippen molar-refractivity contribution >= 4 is 5.82 Å². The SMILES string of the molecule is Cc1ccc([C@H]2c3ccc(O)cc3Oc3nc[n+](CCCO)c(N)c32)cc1. The number of hydrogen-bond acceptors (Lipinski definition) is 5. The van der Waals surface area contributed by atoms with Crippen LogP contribution in [0.2, 0.25) is 0 Å². The maximum absolute atomic E-state index is 9.87. The molecule has 0 bridgehead atoms. The number of aromatic nitrogens is 2. The van der Waals surface area contributed by atoms with Crippen LogP contribution in [0.25, 0.3) is 0 Å². The number of benzene rings is 2. The van der Waals surface area contributed by atoms with E-state index in [0.717, 1.165) is 16.7 Å². The molecule has 0 saturated carbocycles. The molecular weight excluding hydrogens is 342 g/mol. The lowest BCUT2D eigenvalue weighted by Gasteiger charge is -2.27. The predicted molar refractivity (Wildman–Crippen MR) is 101 cm³/mol. The van der Waals surface area contributed by atoms with Crippen LogP contribution in [-0.4, -0.2) is 21.8 Å². The molecule has 0 unspecified atom stereocenters. The molecule has 6 nitrogen and oxygen atoms in total. The van der Waals surface area contributed by atoms with Crippen molar-refractivity contribution in [2.24, 2.45) is 0 Å². The lowest BCUT2D eigenvalue weighted by atomic mass is 9.83. The van der Waals surface area contributed by atoms with E-state index in [1.54, 1.807) is 18.5 Å². The van der Waals surface area contributed by atoms with Crippen molar-refractivity contribution in [3.8, 4) is 17.4 Å². The van der Waals surface area contributed by atoms with Crippen molar-refractivity contribution in [3.63, 3.8) is 0 Å². The minimum absolute atomic E-state index is 0.0868. The lowest BCUT2D eigenvalue weighted by molar-refractivity contribution is -0.686. The number of anilines is 1. The van der Waals surface area contributed by atoms with Crippen molar-refractivity contribution in [2.45, 2.75) is 25.8 Å². The summed E-state index contributed by atoms with van der Waals surface area (Å²) in [6, 6.07) is 13.4. The van der Waals surface area contributed by atoms with Gasteiger partial charge in [-0.1, -0.05) is 40.9 Å². The third kappa shape index (κ3) is 3.08. The Labute approximate surface area is 157 Å². The zero-order valence-electron chi connectivity index (χ0n) is 15.1. The van der Waals surface area contributed by atoms with Gasteiger partial charge in [0, 0.05) is 24.7 Å². The van der Waals surface area contributed by atoms with Gasteiger partial charge in [0.25, 0.3) is 0 Å². The summed E-state index contributed by atoms with van der Waals surface area (Å²) < 4.78 is 7.80. The molecule has 0 saturated heterocycles. The zero-order valence-corrected chi connectivity index (χ0v) is 15.1. The van der Waals surface area contributed by atoms with E-state index in [9.17, 15) is 5.11 Å². The maximum Gasteiger partial charge on any atom is 0.306 e. The number of phenols is 1. The highest BCUT2D eigenvalue weighted by atomic mass is 16.5. The quantitative estimate of drug-likeness (QED) is 0.484. The fourth-order valence-electron chi connectivity index (χ4n) is 3.50. The lowest BCUT2D eigenvalue weighted by Crippen LogP contribution is -2.40. The molecule has 0 radical (unpaired) electrons.